The molecular weight excluding hydrogens is 534 g/mol. The van der Waals surface area contributed by atoms with E-state index in [2.05, 4.69) is 62.3 Å². The molecule has 0 atom stereocenters. The van der Waals surface area contributed by atoms with Gasteiger partial charge in [-0.15, -0.1) is 11.3 Å². The summed E-state index contributed by atoms with van der Waals surface area (Å²) < 4.78 is 17.0. The second-order valence-corrected chi connectivity index (χ2v) is 11.7. The molecule has 41 heavy (non-hydrogen) atoms. The van der Waals surface area contributed by atoms with E-state index in [1.165, 1.54) is 16.9 Å². The summed E-state index contributed by atoms with van der Waals surface area (Å²) in [6, 6.07) is 23.0. The lowest BCUT2D eigenvalue weighted by Crippen LogP contribution is -2.21. The van der Waals surface area contributed by atoms with Crippen LogP contribution in [0.25, 0.3) is 22.2 Å². The van der Waals surface area contributed by atoms with E-state index < -0.39 is 0 Å². The molecule has 0 fully saturated rings. The van der Waals surface area contributed by atoms with Crippen molar-refractivity contribution in [2.75, 3.05) is 19.5 Å². The molecule has 0 saturated heterocycles. The molecule has 0 bridgehead atoms. The van der Waals surface area contributed by atoms with Gasteiger partial charge in [0.25, 0.3) is 5.91 Å². The molecule has 5 aromatic rings. The van der Waals surface area contributed by atoms with E-state index in [0.29, 0.717) is 33.3 Å². The van der Waals surface area contributed by atoms with Gasteiger partial charge in [0.05, 0.1) is 25.6 Å². The van der Waals surface area contributed by atoms with Crippen molar-refractivity contribution in [1.29, 1.82) is 0 Å². The minimum Gasteiger partial charge on any atom is -0.497 e. The molecule has 210 valence electrons. The van der Waals surface area contributed by atoms with Crippen LogP contribution in [0.5, 0.6) is 11.5 Å². The Balaban J connectivity index is 1.55. The van der Waals surface area contributed by atoms with Crippen LogP contribution < -0.4 is 20.3 Å². The Morgan fingerprint density at radius 2 is 1.76 bits per heavy atom. The van der Waals surface area contributed by atoms with Gasteiger partial charge in [0, 0.05) is 21.9 Å². The van der Waals surface area contributed by atoms with Crippen molar-refractivity contribution < 1.29 is 18.7 Å². The maximum Gasteiger partial charge on any atom is 0.262 e. The van der Waals surface area contributed by atoms with E-state index in [4.69, 9.17) is 18.9 Å². The second kappa shape index (κ2) is 11.6. The lowest BCUT2D eigenvalue weighted by Gasteiger charge is -2.19. The molecule has 0 aliphatic rings. The summed E-state index contributed by atoms with van der Waals surface area (Å²) in [6.07, 6.45) is 0.797. The highest BCUT2D eigenvalue weighted by molar-refractivity contribution is 7.16. The molecule has 5 rings (SSSR count). The second-order valence-electron chi connectivity index (χ2n) is 10.6. The van der Waals surface area contributed by atoms with Crippen LogP contribution in [0, 0.1) is 0 Å². The summed E-state index contributed by atoms with van der Waals surface area (Å²) >= 11 is 1.47. The van der Waals surface area contributed by atoms with Gasteiger partial charge in [-0.25, -0.2) is 9.98 Å². The number of carbonyl (C=O) groups excluding carboxylic acids is 1. The number of aromatic nitrogens is 1. The van der Waals surface area contributed by atoms with Crippen LogP contribution in [0.2, 0.25) is 0 Å². The number of para-hydroxylation sites is 1. The third-order valence-electron chi connectivity index (χ3n) is 6.75. The summed E-state index contributed by atoms with van der Waals surface area (Å²) in [4.78, 5) is 24.3. The number of fused-ring (bicyclic) bond motifs is 1. The number of methoxy groups -OCH3 is 2. The lowest BCUT2D eigenvalue weighted by atomic mass is 9.86. The van der Waals surface area contributed by atoms with E-state index in [0.717, 1.165) is 22.6 Å². The fourth-order valence-corrected chi connectivity index (χ4v) is 5.41. The summed E-state index contributed by atoms with van der Waals surface area (Å²) in [5, 5.41) is 4.22. The van der Waals surface area contributed by atoms with Crippen molar-refractivity contribution >= 4 is 39.0 Å². The fourth-order valence-electron chi connectivity index (χ4n) is 4.49. The minimum absolute atomic E-state index is 0.0654. The SMILES string of the molecule is CCc1sc(NC(=O)c2cc3cccc(OC)c3oc2=Nc2cccc(OC)c2)nc1-c1ccc(C(C)(C)C)cc1. The number of hydrogen-bond acceptors (Lipinski definition) is 7. The van der Waals surface area contributed by atoms with E-state index in [-0.39, 0.29) is 22.4 Å². The molecular formula is C33H33N3O4S. The van der Waals surface area contributed by atoms with E-state index in [1.54, 1.807) is 32.4 Å². The summed E-state index contributed by atoms with van der Waals surface area (Å²) in [5.74, 6) is 0.825. The van der Waals surface area contributed by atoms with E-state index >= 15 is 0 Å². The van der Waals surface area contributed by atoms with Crippen LogP contribution in [0.4, 0.5) is 10.8 Å². The number of carbonyl (C=O) groups is 1. The van der Waals surface area contributed by atoms with Gasteiger partial charge in [-0.1, -0.05) is 70.2 Å². The molecule has 1 N–H and O–H groups in total. The Kier molecular flexibility index (Phi) is 7.94. The zero-order valence-electron chi connectivity index (χ0n) is 24.1. The normalized spacial score (nSPS) is 12.0. The highest BCUT2D eigenvalue weighted by Gasteiger charge is 2.19. The number of thiazole rings is 1. The Morgan fingerprint density at radius 1 is 1.00 bits per heavy atom. The van der Waals surface area contributed by atoms with Crippen LogP contribution in [0.15, 0.2) is 82.2 Å². The number of aryl methyl sites for hydroxylation is 1. The van der Waals surface area contributed by atoms with Crippen molar-refractivity contribution in [3.8, 4) is 22.8 Å². The Hall–Kier alpha value is -4.43. The first-order valence-corrected chi connectivity index (χ1v) is 14.2. The van der Waals surface area contributed by atoms with Crippen molar-refractivity contribution in [2.24, 2.45) is 4.99 Å². The van der Waals surface area contributed by atoms with Gasteiger partial charge in [-0.05, 0) is 41.7 Å². The maximum atomic E-state index is 13.7. The molecule has 0 spiro atoms. The van der Waals surface area contributed by atoms with Gasteiger partial charge in [-0.3, -0.25) is 10.1 Å². The molecule has 0 saturated carbocycles. The average molecular weight is 568 g/mol. The third-order valence-corrected chi connectivity index (χ3v) is 7.87. The molecule has 8 heteroatoms. The van der Waals surface area contributed by atoms with Crippen LogP contribution in [0.1, 0.15) is 48.5 Å². The van der Waals surface area contributed by atoms with Crippen LogP contribution in [-0.4, -0.2) is 25.1 Å². The highest BCUT2D eigenvalue weighted by Crippen LogP contribution is 2.33. The molecule has 7 nitrogen and oxygen atoms in total. The van der Waals surface area contributed by atoms with E-state index in [1.807, 2.05) is 30.3 Å². The molecule has 3 aromatic carbocycles. The van der Waals surface area contributed by atoms with Crippen molar-refractivity contribution in [3.63, 3.8) is 0 Å². The van der Waals surface area contributed by atoms with Crippen LogP contribution >= 0.6 is 11.3 Å². The Labute approximate surface area is 243 Å². The largest absolute Gasteiger partial charge is 0.497 e. The number of amides is 1. The molecule has 0 aliphatic heterocycles. The van der Waals surface area contributed by atoms with Crippen molar-refractivity contribution in [1.82, 2.24) is 4.98 Å². The maximum absolute atomic E-state index is 13.7. The van der Waals surface area contributed by atoms with Gasteiger partial charge >= 0.3 is 0 Å². The van der Waals surface area contributed by atoms with Gasteiger partial charge in [0.2, 0.25) is 5.55 Å². The molecule has 0 unspecified atom stereocenters. The number of hydrogen-bond donors (Lipinski definition) is 1. The van der Waals surface area contributed by atoms with Gasteiger partial charge in [0.1, 0.15) is 11.3 Å². The zero-order chi connectivity index (χ0) is 29.1. The first kappa shape index (κ1) is 28.1. The number of ether oxygens (including phenoxy) is 2. The van der Waals surface area contributed by atoms with Gasteiger partial charge < -0.3 is 13.9 Å². The monoisotopic (exact) mass is 567 g/mol. The topological polar surface area (TPSA) is 86.0 Å². The van der Waals surface area contributed by atoms with Crippen molar-refractivity contribution in [2.45, 2.75) is 39.5 Å². The van der Waals surface area contributed by atoms with Gasteiger partial charge in [0.15, 0.2) is 16.5 Å². The lowest BCUT2D eigenvalue weighted by molar-refractivity contribution is 0.102. The van der Waals surface area contributed by atoms with Gasteiger partial charge in [-0.2, -0.15) is 0 Å². The number of rotatable bonds is 7. The molecule has 0 aliphatic carbocycles. The quantitative estimate of drug-likeness (QED) is 0.216. The predicted octanol–water partition coefficient (Wildman–Crippen LogP) is 7.92. The first-order chi connectivity index (χ1) is 19.7. The van der Waals surface area contributed by atoms with Crippen LogP contribution in [-0.2, 0) is 11.8 Å². The van der Waals surface area contributed by atoms with Crippen molar-refractivity contribution in [3.05, 3.63) is 94.4 Å². The molecule has 2 aromatic heterocycles. The Bertz CT molecular complexity index is 1780. The summed E-state index contributed by atoms with van der Waals surface area (Å²) in [7, 11) is 3.17. The number of benzene rings is 3. The number of nitrogens with zero attached hydrogens (tertiary/aromatic N) is 2. The summed E-state index contributed by atoms with van der Waals surface area (Å²) in [6.45, 7) is 8.67. The first-order valence-electron chi connectivity index (χ1n) is 13.4. The molecule has 1 amide bonds. The highest BCUT2D eigenvalue weighted by atomic mass is 32.1. The number of nitrogens with one attached hydrogen (secondary N) is 1. The summed E-state index contributed by atoms with van der Waals surface area (Å²) in [5.41, 5.74) is 4.73. The molecule has 2 heterocycles. The third kappa shape index (κ3) is 6.02. The standard InChI is InChI=1S/C33H33N3O4S/c1-7-27-28(20-14-16-22(17-15-20)33(2,3)4)35-32(41-27)36-30(37)25-18-21-10-8-13-26(39-6)29(21)40-31(25)34-23-11-9-12-24(19-23)38-5/h8-19H,7H2,1-6H3,(H,35,36,37). The predicted molar refractivity (Wildman–Crippen MR) is 165 cm³/mol. The zero-order valence-corrected chi connectivity index (χ0v) is 24.9. The molecule has 0 radical (unpaired) electrons. The minimum atomic E-state index is -0.369. The Morgan fingerprint density at radius 3 is 2.44 bits per heavy atom. The average Bonchev–Trinajstić information content (AvgIpc) is 3.38. The number of anilines is 1. The van der Waals surface area contributed by atoms with E-state index in [9.17, 15) is 4.79 Å². The van der Waals surface area contributed by atoms with Crippen LogP contribution in [0.3, 0.4) is 0 Å². The fraction of sp³-hybridized carbons (Fsp3) is 0.242. The smallest absolute Gasteiger partial charge is 0.262 e.